The number of carbonyl (C=O) groups is 2. The zero-order valence-electron chi connectivity index (χ0n) is 14.6. The van der Waals surface area contributed by atoms with Gasteiger partial charge in [0.05, 0.1) is 4.88 Å². The maximum Gasteiger partial charge on any atom is 0.321 e. The second-order valence-electron chi connectivity index (χ2n) is 7.03. The highest BCUT2D eigenvalue weighted by Crippen LogP contribution is 2.17. The molecular formula is C18H28N3O3S+. The van der Waals surface area contributed by atoms with Crippen molar-refractivity contribution in [1.29, 1.82) is 0 Å². The number of quaternary nitrogens is 1. The van der Waals surface area contributed by atoms with Gasteiger partial charge < -0.3 is 15.0 Å². The molecule has 0 spiro atoms. The summed E-state index contributed by atoms with van der Waals surface area (Å²) in [4.78, 5) is 26.7. The summed E-state index contributed by atoms with van der Waals surface area (Å²) >= 11 is 1.70. The van der Waals surface area contributed by atoms with Gasteiger partial charge in [0.2, 0.25) is 0 Å². The van der Waals surface area contributed by atoms with Crippen LogP contribution in [0, 0.1) is 0 Å². The van der Waals surface area contributed by atoms with Crippen molar-refractivity contribution in [2.24, 2.45) is 0 Å². The standard InChI is InChI=1S/C18H27N3O3S/c22-17(20-18(23)19-14-5-1-2-6-14)13-21(11-15-7-3-9-24-15)12-16-8-4-10-25-16/h4,8,10,14-15H,1-3,5-7,9,11-13H2,(H2,19,20,22,23)/p+1/t15-/m0/s1. The van der Waals surface area contributed by atoms with Crippen LogP contribution in [0.25, 0.3) is 0 Å². The number of nitrogens with one attached hydrogen (secondary N) is 3. The number of urea groups is 1. The van der Waals surface area contributed by atoms with Crippen LogP contribution in [0.15, 0.2) is 17.5 Å². The molecule has 1 aliphatic heterocycles. The van der Waals surface area contributed by atoms with E-state index in [1.165, 1.54) is 4.88 Å². The minimum absolute atomic E-state index is 0.217. The molecule has 1 unspecified atom stereocenters. The van der Waals surface area contributed by atoms with E-state index in [0.717, 1.165) is 63.1 Å². The fraction of sp³-hybridized carbons (Fsp3) is 0.667. The maximum atomic E-state index is 12.3. The van der Waals surface area contributed by atoms with E-state index >= 15 is 0 Å². The molecule has 1 aromatic rings. The SMILES string of the molecule is O=C(C[NH+](Cc1cccs1)C[C@@H]1CCCO1)NC(=O)NC1CCCC1. The first-order chi connectivity index (χ1) is 12.2. The van der Waals surface area contributed by atoms with Gasteiger partial charge in [0.15, 0.2) is 6.54 Å². The number of hydrogen-bond acceptors (Lipinski definition) is 4. The summed E-state index contributed by atoms with van der Waals surface area (Å²) in [5.41, 5.74) is 0. The largest absolute Gasteiger partial charge is 0.372 e. The van der Waals surface area contributed by atoms with Crippen molar-refractivity contribution in [3.8, 4) is 0 Å². The third-order valence-electron chi connectivity index (χ3n) is 4.90. The topological polar surface area (TPSA) is 71.9 Å². The Labute approximate surface area is 152 Å². The van der Waals surface area contributed by atoms with Gasteiger partial charge in [-0.15, -0.1) is 11.3 Å². The van der Waals surface area contributed by atoms with Crippen molar-refractivity contribution in [3.63, 3.8) is 0 Å². The number of amides is 3. The van der Waals surface area contributed by atoms with Gasteiger partial charge in [-0.2, -0.15) is 0 Å². The normalized spacial score (nSPS) is 22.0. The van der Waals surface area contributed by atoms with Gasteiger partial charge in [-0.3, -0.25) is 10.1 Å². The summed E-state index contributed by atoms with van der Waals surface area (Å²) in [7, 11) is 0. The zero-order valence-corrected chi connectivity index (χ0v) is 15.4. The molecule has 7 heteroatoms. The van der Waals surface area contributed by atoms with E-state index in [0.29, 0.717) is 0 Å². The second-order valence-corrected chi connectivity index (χ2v) is 8.06. The van der Waals surface area contributed by atoms with Gasteiger partial charge in [-0.25, -0.2) is 4.79 Å². The molecule has 1 aromatic heterocycles. The number of imide groups is 1. The minimum Gasteiger partial charge on any atom is -0.372 e. The first-order valence-corrected chi connectivity index (χ1v) is 10.1. The molecule has 2 fully saturated rings. The van der Waals surface area contributed by atoms with Gasteiger partial charge in [-0.05, 0) is 37.1 Å². The summed E-state index contributed by atoms with van der Waals surface area (Å²) in [6.45, 7) is 2.69. The molecule has 1 aliphatic carbocycles. The smallest absolute Gasteiger partial charge is 0.321 e. The molecule has 138 valence electrons. The van der Waals surface area contributed by atoms with Crippen molar-refractivity contribution >= 4 is 23.3 Å². The Morgan fingerprint density at radius 2 is 2.08 bits per heavy atom. The number of thiophene rings is 1. The van der Waals surface area contributed by atoms with E-state index in [1.807, 2.05) is 11.4 Å². The van der Waals surface area contributed by atoms with Crippen LogP contribution in [0.5, 0.6) is 0 Å². The first kappa shape index (κ1) is 18.4. The number of carbonyl (C=O) groups excluding carboxylic acids is 2. The van der Waals surface area contributed by atoms with Crippen molar-refractivity contribution in [1.82, 2.24) is 10.6 Å². The van der Waals surface area contributed by atoms with Crippen LogP contribution in [-0.4, -0.2) is 43.8 Å². The quantitative estimate of drug-likeness (QED) is 0.676. The van der Waals surface area contributed by atoms with E-state index in [4.69, 9.17) is 4.74 Å². The molecule has 0 radical (unpaired) electrons. The summed E-state index contributed by atoms with van der Waals surface area (Å²) in [5, 5.41) is 7.44. The molecule has 25 heavy (non-hydrogen) atoms. The van der Waals surface area contributed by atoms with Crippen LogP contribution in [0.4, 0.5) is 4.79 Å². The van der Waals surface area contributed by atoms with Crippen LogP contribution in [0.1, 0.15) is 43.4 Å². The summed E-state index contributed by atoms with van der Waals surface area (Å²) in [6, 6.07) is 3.97. The predicted octanol–water partition coefficient (Wildman–Crippen LogP) is 1.08. The van der Waals surface area contributed by atoms with Gasteiger partial charge in [0.1, 0.15) is 19.2 Å². The molecule has 3 rings (SSSR count). The number of hydrogen-bond donors (Lipinski definition) is 3. The highest BCUT2D eigenvalue weighted by Gasteiger charge is 2.25. The lowest BCUT2D eigenvalue weighted by atomic mass is 10.2. The van der Waals surface area contributed by atoms with Crippen molar-refractivity contribution in [2.45, 2.75) is 57.2 Å². The molecule has 2 heterocycles. The Morgan fingerprint density at radius 1 is 1.24 bits per heavy atom. The lowest BCUT2D eigenvalue weighted by Gasteiger charge is -2.21. The molecule has 3 amide bonds. The Hall–Kier alpha value is -1.44. The van der Waals surface area contributed by atoms with Gasteiger partial charge >= 0.3 is 6.03 Å². The Balaban J connectivity index is 1.48. The molecule has 1 saturated carbocycles. The van der Waals surface area contributed by atoms with E-state index < -0.39 is 0 Å². The lowest BCUT2D eigenvalue weighted by Crippen LogP contribution is -3.13. The van der Waals surface area contributed by atoms with Crippen molar-refractivity contribution in [2.75, 3.05) is 19.7 Å². The summed E-state index contributed by atoms with van der Waals surface area (Å²) in [6.07, 6.45) is 6.69. The zero-order chi connectivity index (χ0) is 17.5. The van der Waals surface area contributed by atoms with Crippen molar-refractivity contribution < 1.29 is 19.2 Å². The predicted molar refractivity (Wildman–Crippen MR) is 96.6 cm³/mol. The van der Waals surface area contributed by atoms with E-state index in [2.05, 4.69) is 16.7 Å². The highest BCUT2D eigenvalue weighted by molar-refractivity contribution is 7.09. The van der Waals surface area contributed by atoms with Crippen LogP contribution in [0.3, 0.4) is 0 Å². The molecule has 6 nitrogen and oxygen atoms in total. The van der Waals surface area contributed by atoms with Crippen molar-refractivity contribution in [3.05, 3.63) is 22.4 Å². The fourth-order valence-electron chi connectivity index (χ4n) is 3.68. The molecule has 3 N–H and O–H groups in total. The molecule has 0 bridgehead atoms. The van der Waals surface area contributed by atoms with Gasteiger partial charge in [-0.1, -0.05) is 18.9 Å². The van der Waals surface area contributed by atoms with Crippen LogP contribution in [0.2, 0.25) is 0 Å². The molecule has 2 aliphatic rings. The number of rotatable bonds is 7. The van der Waals surface area contributed by atoms with Gasteiger partial charge in [0.25, 0.3) is 5.91 Å². The third kappa shape index (κ3) is 6.09. The Kier molecular flexibility index (Phi) is 6.84. The summed E-state index contributed by atoms with van der Waals surface area (Å²) < 4.78 is 5.73. The molecule has 2 atom stereocenters. The summed E-state index contributed by atoms with van der Waals surface area (Å²) in [5.74, 6) is -0.222. The second kappa shape index (κ2) is 9.31. The number of ether oxygens (including phenoxy) is 1. The lowest BCUT2D eigenvalue weighted by molar-refractivity contribution is -0.908. The van der Waals surface area contributed by atoms with Crippen LogP contribution in [-0.2, 0) is 16.1 Å². The maximum absolute atomic E-state index is 12.3. The molecule has 0 aromatic carbocycles. The van der Waals surface area contributed by atoms with E-state index in [9.17, 15) is 9.59 Å². The average Bonchev–Trinajstić information content (AvgIpc) is 3.29. The van der Waals surface area contributed by atoms with E-state index in [1.54, 1.807) is 11.3 Å². The Morgan fingerprint density at radius 3 is 2.76 bits per heavy atom. The first-order valence-electron chi connectivity index (χ1n) is 9.27. The highest BCUT2D eigenvalue weighted by atomic mass is 32.1. The van der Waals surface area contributed by atoms with Crippen LogP contribution < -0.4 is 15.5 Å². The van der Waals surface area contributed by atoms with Gasteiger partial charge in [0, 0.05) is 12.6 Å². The Bertz CT molecular complexity index is 552. The third-order valence-corrected chi connectivity index (χ3v) is 5.77. The van der Waals surface area contributed by atoms with Crippen LogP contribution >= 0.6 is 11.3 Å². The monoisotopic (exact) mass is 366 g/mol. The minimum atomic E-state index is -0.357. The molecule has 1 saturated heterocycles. The average molecular weight is 367 g/mol. The fourth-order valence-corrected chi connectivity index (χ4v) is 4.46. The van der Waals surface area contributed by atoms with E-state index in [-0.39, 0.29) is 30.6 Å². The molecular weight excluding hydrogens is 338 g/mol.